The van der Waals surface area contributed by atoms with E-state index < -0.39 is 0 Å². The first-order valence-electron chi connectivity index (χ1n) is 6.28. The largest absolute Gasteiger partial charge is 0.493 e. The Morgan fingerprint density at radius 1 is 1.33 bits per heavy atom. The highest BCUT2D eigenvalue weighted by molar-refractivity contribution is 5.33. The molecule has 4 heteroatoms. The first-order valence-corrected chi connectivity index (χ1v) is 6.28. The van der Waals surface area contributed by atoms with Crippen molar-refractivity contribution in [3.8, 4) is 5.75 Å². The van der Waals surface area contributed by atoms with Gasteiger partial charge in [0, 0.05) is 19.2 Å². The molecule has 0 spiro atoms. The molecule has 0 unspecified atom stereocenters. The molecule has 0 bridgehead atoms. The summed E-state index contributed by atoms with van der Waals surface area (Å²) in [6.07, 6.45) is 5.40. The smallest absolute Gasteiger partial charge is 0.122 e. The predicted molar refractivity (Wildman–Crippen MR) is 72.6 cm³/mol. The van der Waals surface area contributed by atoms with E-state index in [1.165, 1.54) is 5.56 Å². The number of nitrogen functional groups attached to an aromatic ring is 1. The zero-order chi connectivity index (χ0) is 12.8. The van der Waals surface area contributed by atoms with Crippen molar-refractivity contribution in [2.45, 2.75) is 26.3 Å². The van der Waals surface area contributed by atoms with Gasteiger partial charge in [-0.25, -0.2) is 0 Å². The van der Waals surface area contributed by atoms with E-state index in [4.69, 9.17) is 10.5 Å². The lowest BCUT2D eigenvalue weighted by atomic mass is 10.1. The van der Waals surface area contributed by atoms with Gasteiger partial charge in [-0.3, -0.25) is 4.68 Å². The quantitative estimate of drug-likeness (QED) is 0.795. The van der Waals surface area contributed by atoms with Crippen LogP contribution in [0, 0.1) is 0 Å². The molecule has 96 valence electrons. The van der Waals surface area contributed by atoms with Crippen molar-refractivity contribution in [2.24, 2.45) is 0 Å². The molecule has 0 radical (unpaired) electrons. The number of hydrogen-bond donors (Lipinski definition) is 1. The summed E-state index contributed by atoms with van der Waals surface area (Å²) in [6.45, 7) is 3.65. The predicted octanol–water partition coefficient (Wildman–Crippen LogP) is 2.50. The van der Waals surface area contributed by atoms with Gasteiger partial charge in [-0.1, -0.05) is 25.1 Å². The van der Waals surface area contributed by atoms with Crippen LogP contribution in [-0.2, 0) is 13.0 Å². The van der Waals surface area contributed by atoms with Crippen molar-refractivity contribution in [3.05, 3.63) is 42.2 Å². The normalized spacial score (nSPS) is 10.5. The van der Waals surface area contributed by atoms with Crippen LogP contribution in [0.3, 0.4) is 0 Å². The number of benzene rings is 1. The highest BCUT2D eigenvalue weighted by Gasteiger charge is 2.00. The molecule has 2 aromatic rings. The Morgan fingerprint density at radius 2 is 2.17 bits per heavy atom. The van der Waals surface area contributed by atoms with Gasteiger partial charge in [-0.05, 0) is 18.1 Å². The van der Waals surface area contributed by atoms with Gasteiger partial charge in [0.2, 0.25) is 0 Å². The van der Waals surface area contributed by atoms with Crippen molar-refractivity contribution < 1.29 is 4.74 Å². The fourth-order valence-electron chi connectivity index (χ4n) is 1.85. The number of nitrogens with two attached hydrogens (primary N) is 1. The molecule has 1 aromatic heterocycles. The maximum Gasteiger partial charge on any atom is 0.122 e. The number of anilines is 1. The highest BCUT2D eigenvalue weighted by atomic mass is 16.5. The van der Waals surface area contributed by atoms with E-state index in [-0.39, 0.29) is 0 Å². The topological polar surface area (TPSA) is 53.1 Å². The van der Waals surface area contributed by atoms with E-state index in [1.54, 1.807) is 6.20 Å². The molecule has 0 aliphatic rings. The summed E-state index contributed by atoms with van der Waals surface area (Å²) < 4.78 is 7.62. The summed E-state index contributed by atoms with van der Waals surface area (Å²) in [5, 5.41) is 4.13. The SMILES string of the molecule is CCc1ccccc1OCCCn1cc(N)cn1. The number of para-hydroxylation sites is 1. The maximum absolute atomic E-state index is 5.78. The molecule has 0 aliphatic carbocycles. The molecular weight excluding hydrogens is 226 g/mol. The molecule has 18 heavy (non-hydrogen) atoms. The average molecular weight is 245 g/mol. The number of aryl methyl sites for hydroxylation is 2. The summed E-state index contributed by atoms with van der Waals surface area (Å²) in [5.41, 5.74) is 7.55. The number of hydrogen-bond acceptors (Lipinski definition) is 3. The van der Waals surface area contributed by atoms with E-state index in [0.717, 1.165) is 25.1 Å². The van der Waals surface area contributed by atoms with E-state index in [0.29, 0.717) is 12.3 Å². The Labute approximate surface area is 107 Å². The van der Waals surface area contributed by atoms with Crippen LogP contribution in [-0.4, -0.2) is 16.4 Å². The molecule has 2 rings (SSSR count). The molecule has 0 saturated heterocycles. The summed E-state index contributed by atoms with van der Waals surface area (Å²) in [4.78, 5) is 0. The third kappa shape index (κ3) is 3.26. The van der Waals surface area contributed by atoms with Crippen molar-refractivity contribution in [1.82, 2.24) is 9.78 Å². The summed E-state index contributed by atoms with van der Waals surface area (Å²) in [7, 11) is 0. The number of nitrogens with zero attached hydrogens (tertiary/aromatic N) is 2. The van der Waals surface area contributed by atoms with Gasteiger partial charge in [0.25, 0.3) is 0 Å². The Balaban J connectivity index is 1.78. The second-order valence-corrected chi connectivity index (χ2v) is 4.20. The Morgan fingerprint density at radius 3 is 2.89 bits per heavy atom. The van der Waals surface area contributed by atoms with Gasteiger partial charge in [0.1, 0.15) is 5.75 Å². The zero-order valence-corrected chi connectivity index (χ0v) is 10.7. The Bertz CT molecular complexity index is 493. The molecule has 1 aromatic carbocycles. The molecule has 2 N–H and O–H groups in total. The van der Waals surface area contributed by atoms with Crippen molar-refractivity contribution in [2.75, 3.05) is 12.3 Å². The Hall–Kier alpha value is -1.97. The molecule has 0 fully saturated rings. The third-order valence-corrected chi connectivity index (χ3v) is 2.80. The molecular formula is C14H19N3O. The molecule has 4 nitrogen and oxygen atoms in total. The van der Waals surface area contributed by atoms with Gasteiger partial charge >= 0.3 is 0 Å². The van der Waals surface area contributed by atoms with E-state index in [1.807, 2.05) is 29.1 Å². The van der Waals surface area contributed by atoms with Crippen molar-refractivity contribution >= 4 is 5.69 Å². The molecule has 0 aliphatic heterocycles. The van der Waals surface area contributed by atoms with E-state index >= 15 is 0 Å². The first kappa shape index (κ1) is 12.5. The van der Waals surface area contributed by atoms with E-state index in [2.05, 4.69) is 18.1 Å². The summed E-state index contributed by atoms with van der Waals surface area (Å²) in [5.74, 6) is 0.986. The second-order valence-electron chi connectivity index (χ2n) is 4.20. The van der Waals surface area contributed by atoms with Crippen LogP contribution < -0.4 is 10.5 Å². The number of ether oxygens (including phenoxy) is 1. The molecule has 1 heterocycles. The van der Waals surface area contributed by atoms with Crippen molar-refractivity contribution in [1.29, 1.82) is 0 Å². The molecule has 0 atom stereocenters. The average Bonchev–Trinajstić information content (AvgIpc) is 2.81. The van der Waals surface area contributed by atoms with Crippen LogP contribution in [0.25, 0.3) is 0 Å². The van der Waals surface area contributed by atoms with Crippen LogP contribution in [0.5, 0.6) is 5.75 Å². The number of rotatable bonds is 6. The van der Waals surface area contributed by atoms with Crippen LogP contribution in [0.4, 0.5) is 5.69 Å². The van der Waals surface area contributed by atoms with Crippen LogP contribution in [0.2, 0.25) is 0 Å². The maximum atomic E-state index is 5.78. The molecule has 0 amide bonds. The van der Waals surface area contributed by atoms with Crippen LogP contribution >= 0.6 is 0 Å². The van der Waals surface area contributed by atoms with Crippen LogP contribution in [0.15, 0.2) is 36.7 Å². The fourth-order valence-corrected chi connectivity index (χ4v) is 1.85. The highest BCUT2D eigenvalue weighted by Crippen LogP contribution is 2.18. The minimum absolute atomic E-state index is 0.691. The molecule has 0 saturated carbocycles. The van der Waals surface area contributed by atoms with Gasteiger partial charge in [0.15, 0.2) is 0 Å². The summed E-state index contributed by atoms with van der Waals surface area (Å²) in [6, 6.07) is 8.16. The lowest BCUT2D eigenvalue weighted by Gasteiger charge is -2.10. The minimum Gasteiger partial charge on any atom is -0.493 e. The monoisotopic (exact) mass is 245 g/mol. The Kier molecular flexibility index (Phi) is 4.23. The van der Waals surface area contributed by atoms with E-state index in [9.17, 15) is 0 Å². The second kappa shape index (κ2) is 6.10. The summed E-state index contributed by atoms with van der Waals surface area (Å²) >= 11 is 0. The number of aromatic nitrogens is 2. The standard InChI is InChI=1S/C14H19N3O/c1-2-12-6-3-4-7-14(12)18-9-5-8-17-11-13(15)10-16-17/h3-4,6-7,10-11H,2,5,8-9,15H2,1H3. The first-order chi connectivity index (χ1) is 8.79. The minimum atomic E-state index is 0.691. The van der Waals surface area contributed by atoms with Gasteiger partial charge in [-0.2, -0.15) is 5.10 Å². The van der Waals surface area contributed by atoms with Gasteiger partial charge < -0.3 is 10.5 Å². The fraction of sp³-hybridized carbons (Fsp3) is 0.357. The van der Waals surface area contributed by atoms with Crippen molar-refractivity contribution in [3.63, 3.8) is 0 Å². The lowest BCUT2D eigenvalue weighted by Crippen LogP contribution is -2.05. The van der Waals surface area contributed by atoms with Crippen LogP contribution in [0.1, 0.15) is 18.9 Å². The van der Waals surface area contributed by atoms with Gasteiger partial charge in [-0.15, -0.1) is 0 Å². The zero-order valence-electron chi connectivity index (χ0n) is 10.7. The van der Waals surface area contributed by atoms with Gasteiger partial charge in [0.05, 0.1) is 18.5 Å². The third-order valence-electron chi connectivity index (χ3n) is 2.80. The lowest BCUT2D eigenvalue weighted by molar-refractivity contribution is 0.296.